The minimum Gasteiger partial charge on any atom is -0.324 e. The lowest BCUT2D eigenvalue weighted by Gasteiger charge is -2.32. The van der Waals surface area contributed by atoms with Crippen LogP contribution in [0, 0.1) is 18.8 Å². The van der Waals surface area contributed by atoms with E-state index in [9.17, 15) is 4.79 Å². The summed E-state index contributed by atoms with van der Waals surface area (Å²) in [5.74, 6) is 1.43. The third kappa shape index (κ3) is 3.99. The molecule has 4 nitrogen and oxygen atoms in total. The van der Waals surface area contributed by atoms with E-state index in [1.54, 1.807) is 0 Å². The van der Waals surface area contributed by atoms with Crippen LogP contribution in [0.5, 0.6) is 0 Å². The van der Waals surface area contributed by atoms with Gasteiger partial charge in [-0.2, -0.15) is 0 Å². The van der Waals surface area contributed by atoms with Crippen molar-refractivity contribution in [1.82, 2.24) is 9.80 Å². The van der Waals surface area contributed by atoms with Gasteiger partial charge in [-0.25, -0.2) is 4.79 Å². The Morgan fingerprint density at radius 2 is 1.87 bits per heavy atom. The second kappa shape index (κ2) is 7.10. The van der Waals surface area contributed by atoms with Crippen molar-refractivity contribution in [2.45, 2.75) is 26.2 Å². The van der Waals surface area contributed by atoms with Gasteiger partial charge in [0.15, 0.2) is 0 Å². The normalized spacial score (nSPS) is 23.3. The number of hydrogen-bond donors (Lipinski definition) is 1. The summed E-state index contributed by atoms with van der Waals surface area (Å²) >= 11 is 6.21. The van der Waals surface area contributed by atoms with E-state index < -0.39 is 0 Å². The first-order valence-corrected chi connectivity index (χ1v) is 8.91. The van der Waals surface area contributed by atoms with E-state index in [0.29, 0.717) is 16.6 Å². The van der Waals surface area contributed by atoms with Crippen molar-refractivity contribution in [2.75, 3.05) is 38.5 Å². The van der Waals surface area contributed by atoms with Gasteiger partial charge in [-0.1, -0.05) is 17.7 Å². The van der Waals surface area contributed by atoms with E-state index in [4.69, 9.17) is 11.6 Å². The lowest BCUT2D eigenvalue weighted by atomic mass is 9.84. The lowest BCUT2D eigenvalue weighted by Crippen LogP contribution is -2.36. The topological polar surface area (TPSA) is 35.6 Å². The van der Waals surface area contributed by atoms with Crippen LogP contribution in [-0.4, -0.2) is 49.1 Å². The third-order valence-electron chi connectivity index (χ3n) is 5.31. The summed E-state index contributed by atoms with van der Waals surface area (Å²) in [5.41, 5.74) is 1.79. The molecule has 0 spiro atoms. The summed E-state index contributed by atoms with van der Waals surface area (Å²) < 4.78 is 0. The first-order valence-electron chi connectivity index (χ1n) is 8.53. The summed E-state index contributed by atoms with van der Waals surface area (Å²) in [5, 5.41) is 3.56. The highest BCUT2D eigenvalue weighted by atomic mass is 35.5. The summed E-state index contributed by atoms with van der Waals surface area (Å²) in [6.07, 6.45) is 3.66. The summed E-state index contributed by atoms with van der Waals surface area (Å²) in [7, 11) is 2.19. The van der Waals surface area contributed by atoms with E-state index in [1.807, 2.05) is 30.0 Å². The number of piperidine rings is 1. The van der Waals surface area contributed by atoms with Crippen LogP contribution in [0.3, 0.4) is 0 Å². The van der Waals surface area contributed by atoms with E-state index >= 15 is 0 Å². The number of benzene rings is 1. The Balaban J connectivity index is 1.55. The zero-order chi connectivity index (χ0) is 16.4. The van der Waals surface area contributed by atoms with Gasteiger partial charge < -0.3 is 15.1 Å². The Hall–Kier alpha value is -1.26. The molecule has 2 amide bonds. The van der Waals surface area contributed by atoms with E-state index in [1.165, 1.54) is 25.9 Å². The molecule has 23 heavy (non-hydrogen) atoms. The Morgan fingerprint density at radius 1 is 1.17 bits per heavy atom. The maximum Gasteiger partial charge on any atom is 0.321 e. The molecule has 0 bridgehead atoms. The van der Waals surface area contributed by atoms with E-state index in [-0.39, 0.29) is 6.03 Å². The fourth-order valence-electron chi connectivity index (χ4n) is 3.77. The Labute approximate surface area is 143 Å². The van der Waals surface area contributed by atoms with Crippen molar-refractivity contribution < 1.29 is 4.79 Å². The maximum absolute atomic E-state index is 12.5. The van der Waals surface area contributed by atoms with Gasteiger partial charge in [-0.05, 0) is 75.9 Å². The van der Waals surface area contributed by atoms with Gasteiger partial charge in [0.25, 0.3) is 0 Å². The molecular weight excluding hydrogens is 310 g/mol. The van der Waals surface area contributed by atoms with E-state index in [2.05, 4.69) is 17.3 Å². The number of aryl methyl sites for hydroxylation is 1. The molecule has 126 valence electrons. The molecule has 5 heteroatoms. The minimum atomic E-state index is -0.0221. The van der Waals surface area contributed by atoms with Crippen molar-refractivity contribution in [3.8, 4) is 0 Å². The number of carbonyl (C=O) groups excluding carboxylic acids is 1. The highest BCUT2D eigenvalue weighted by Crippen LogP contribution is 2.32. The summed E-state index contributed by atoms with van der Waals surface area (Å²) in [6.45, 7) is 6.10. The standard InChI is InChI=1S/C18H26ClN3O/c1-13-3-4-17(16(19)11-13)20-18(23)22-10-7-15(12-22)14-5-8-21(2)9-6-14/h3-4,11,14-15H,5-10,12H2,1-2H3,(H,20,23). The van der Waals surface area contributed by atoms with Gasteiger partial charge in [0.2, 0.25) is 0 Å². The number of nitrogens with zero attached hydrogens (tertiary/aromatic N) is 2. The van der Waals surface area contributed by atoms with Crippen LogP contribution in [0.2, 0.25) is 5.02 Å². The molecule has 1 atom stereocenters. The number of amides is 2. The molecule has 2 aliphatic heterocycles. The van der Waals surface area contributed by atoms with Crippen LogP contribution in [0.1, 0.15) is 24.8 Å². The number of rotatable bonds is 2. The smallest absolute Gasteiger partial charge is 0.321 e. The summed E-state index contributed by atoms with van der Waals surface area (Å²) in [4.78, 5) is 16.8. The second-order valence-electron chi connectivity index (χ2n) is 7.05. The second-order valence-corrected chi connectivity index (χ2v) is 7.46. The molecule has 1 aromatic carbocycles. The molecule has 0 aromatic heterocycles. The van der Waals surface area contributed by atoms with Gasteiger partial charge >= 0.3 is 6.03 Å². The first-order chi connectivity index (χ1) is 11.0. The monoisotopic (exact) mass is 335 g/mol. The molecular formula is C18H26ClN3O. The molecule has 1 N–H and O–H groups in total. The van der Waals surface area contributed by atoms with Crippen molar-refractivity contribution in [2.24, 2.45) is 11.8 Å². The van der Waals surface area contributed by atoms with Gasteiger partial charge in [0.05, 0.1) is 10.7 Å². The number of halogens is 1. The predicted octanol–water partition coefficient (Wildman–Crippen LogP) is 3.84. The molecule has 0 radical (unpaired) electrons. The third-order valence-corrected chi connectivity index (χ3v) is 5.62. The molecule has 3 rings (SSSR count). The molecule has 0 saturated carbocycles. The fourth-order valence-corrected chi connectivity index (χ4v) is 4.05. The lowest BCUT2D eigenvalue weighted by molar-refractivity contribution is 0.170. The van der Waals surface area contributed by atoms with Crippen molar-refractivity contribution in [1.29, 1.82) is 0 Å². The number of likely N-dealkylation sites (tertiary alicyclic amines) is 2. The van der Waals surface area contributed by atoms with Crippen molar-refractivity contribution in [3.05, 3.63) is 28.8 Å². The highest BCUT2D eigenvalue weighted by molar-refractivity contribution is 6.33. The minimum absolute atomic E-state index is 0.0221. The number of carbonyl (C=O) groups is 1. The predicted molar refractivity (Wildman–Crippen MR) is 95.1 cm³/mol. The zero-order valence-electron chi connectivity index (χ0n) is 14.0. The van der Waals surface area contributed by atoms with Crippen LogP contribution in [0.25, 0.3) is 0 Å². The van der Waals surface area contributed by atoms with Crippen LogP contribution >= 0.6 is 11.6 Å². The SMILES string of the molecule is Cc1ccc(NC(=O)N2CCC(C3CCN(C)CC3)C2)c(Cl)c1. The average Bonchev–Trinajstić information content (AvgIpc) is 3.01. The van der Waals surface area contributed by atoms with Crippen LogP contribution in [-0.2, 0) is 0 Å². The van der Waals surface area contributed by atoms with E-state index in [0.717, 1.165) is 31.0 Å². The zero-order valence-corrected chi connectivity index (χ0v) is 14.8. The number of urea groups is 1. The Morgan fingerprint density at radius 3 is 2.57 bits per heavy atom. The Bertz CT molecular complexity index is 569. The number of hydrogen-bond acceptors (Lipinski definition) is 2. The quantitative estimate of drug-likeness (QED) is 0.891. The van der Waals surface area contributed by atoms with Gasteiger partial charge in [-0.3, -0.25) is 0 Å². The Kier molecular flexibility index (Phi) is 5.12. The number of anilines is 1. The first kappa shape index (κ1) is 16.6. The van der Waals surface area contributed by atoms with Gasteiger partial charge in [0, 0.05) is 13.1 Å². The van der Waals surface area contributed by atoms with Crippen LogP contribution < -0.4 is 5.32 Å². The maximum atomic E-state index is 12.5. The molecule has 2 heterocycles. The molecule has 2 fully saturated rings. The van der Waals surface area contributed by atoms with Crippen LogP contribution in [0.15, 0.2) is 18.2 Å². The molecule has 1 unspecified atom stereocenters. The van der Waals surface area contributed by atoms with Crippen molar-refractivity contribution in [3.63, 3.8) is 0 Å². The van der Waals surface area contributed by atoms with Gasteiger partial charge in [0.1, 0.15) is 0 Å². The van der Waals surface area contributed by atoms with Crippen molar-refractivity contribution >= 4 is 23.3 Å². The largest absolute Gasteiger partial charge is 0.324 e. The molecule has 2 saturated heterocycles. The fraction of sp³-hybridized carbons (Fsp3) is 0.611. The van der Waals surface area contributed by atoms with Gasteiger partial charge in [-0.15, -0.1) is 0 Å². The average molecular weight is 336 g/mol. The molecule has 2 aliphatic rings. The molecule has 0 aliphatic carbocycles. The van der Waals surface area contributed by atoms with Crippen LogP contribution in [0.4, 0.5) is 10.5 Å². The summed E-state index contributed by atoms with van der Waals surface area (Å²) in [6, 6.07) is 5.70. The highest BCUT2D eigenvalue weighted by Gasteiger charge is 2.33. The molecule has 1 aromatic rings. The number of nitrogens with one attached hydrogen (secondary N) is 1.